The molecule has 0 heterocycles. The fourth-order valence-corrected chi connectivity index (χ4v) is 3.03. The maximum absolute atomic E-state index is 13.3. The normalized spacial score (nSPS) is 18.8. The molecule has 1 aromatic rings. The summed E-state index contributed by atoms with van der Waals surface area (Å²) in [6, 6.07) is 6.90. The van der Waals surface area contributed by atoms with Crippen LogP contribution in [0.5, 0.6) is 0 Å². The van der Waals surface area contributed by atoms with E-state index in [4.69, 9.17) is 4.74 Å². The average Bonchev–Trinajstić information content (AvgIpc) is 2.89. The van der Waals surface area contributed by atoms with Gasteiger partial charge in [-0.05, 0) is 43.4 Å². The molecule has 1 atom stereocenters. The van der Waals surface area contributed by atoms with Crippen LogP contribution in [0, 0.1) is 5.82 Å². The van der Waals surface area contributed by atoms with Crippen molar-refractivity contribution in [3.63, 3.8) is 0 Å². The van der Waals surface area contributed by atoms with E-state index in [1.54, 1.807) is 19.2 Å². The van der Waals surface area contributed by atoms with E-state index >= 15 is 0 Å². The van der Waals surface area contributed by atoms with Crippen molar-refractivity contribution < 1.29 is 14.2 Å². The lowest BCUT2D eigenvalue weighted by Gasteiger charge is -2.27. The molecule has 0 saturated heterocycles. The Kier molecular flexibility index (Phi) is 6.15. The predicted octanol–water partition coefficient (Wildman–Crippen LogP) is 2.67. The van der Waals surface area contributed by atoms with Crippen molar-refractivity contribution in [2.75, 3.05) is 20.3 Å². The number of methoxy groups -OCH3 is 1. The number of halogens is 1. The van der Waals surface area contributed by atoms with Crippen molar-refractivity contribution in [3.05, 3.63) is 35.6 Å². The Hall–Kier alpha value is -0.970. The van der Waals surface area contributed by atoms with Gasteiger partial charge in [-0.3, -0.25) is 0 Å². The van der Waals surface area contributed by atoms with E-state index in [2.05, 4.69) is 5.32 Å². The van der Waals surface area contributed by atoms with Crippen LogP contribution in [-0.2, 0) is 11.2 Å². The van der Waals surface area contributed by atoms with Gasteiger partial charge in [0.15, 0.2) is 0 Å². The molecule has 4 heteroatoms. The molecule has 1 fully saturated rings. The van der Waals surface area contributed by atoms with Gasteiger partial charge in [0, 0.05) is 26.3 Å². The highest BCUT2D eigenvalue weighted by Crippen LogP contribution is 2.28. The van der Waals surface area contributed by atoms with Gasteiger partial charge in [-0.25, -0.2) is 4.39 Å². The van der Waals surface area contributed by atoms with Crippen molar-refractivity contribution in [3.8, 4) is 0 Å². The minimum atomic E-state index is -0.562. The third-order valence-electron chi connectivity index (χ3n) is 4.30. The van der Waals surface area contributed by atoms with Crippen LogP contribution in [0.1, 0.15) is 37.7 Å². The van der Waals surface area contributed by atoms with Crippen molar-refractivity contribution in [2.24, 2.45) is 0 Å². The Morgan fingerprint density at radius 3 is 2.81 bits per heavy atom. The van der Waals surface area contributed by atoms with Crippen molar-refractivity contribution in [1.29, 1.82) is 0 Å². The average molecular weight is 295 g/mol. The molecule has 118 valence electrons. The van der Waals surface area contributed by atoms with E-state index in [0.29, 0.717) is 13.2 Å². The van der Waals surface area contributed by atoms with Crippen LogP contribution in [0.25, 0.3) is 0 Å². The fourth-order valence-electron chi connectivity index (χ4n) is 3.03. The first-order valence-electron chi connectivity index (χ1n) is 7.80. The summed E-state index contributed by atoms with van der Waals surface area (Å²) in [6.07, 6.45) is 5.55. The van der Waals surface area contributed by atoms with Crippen molar-refractivity contribution in [1.82, 2.24) is 5.32 Å². The SMILES string of the molecule is COCCC(Cc1cccc(F)c1)NCC1(O)CCCC1. The summed E-state index contributed by atoms with van der Waals surface area (Å²) in [5, 5.41) is 13.9. The first kappa shape index (κ1) is 16.4. The summed E-state index contributed by atoms with van der Waals surface area (Å²) in [7, 11) is 1.68. The zero-order chi connectivity index (χ0) is 15.1. The Bertz CT molecular complexity index is 433. The minimum Gasteiger partial charge on any atom is -0.389 e. The Balaban J connectivity index is 1.90. The summed E-state index contributed by atoms with van der Waals surface area (Å²) in [4.78, 5) is 0. The molecule has 2 rings (SSSR count). The molecule has 3 nitrogen and oxygen atoms in total. The van der Waals surface area contributed by atoms with Gasteiger partial charge < -0.3 is 15.2 Å². The molecule has 0 aromatic heterocycles. The second-order valence-electron chi connectivity index (χ2n) is 6.12. The van der Waals surface area contributed by atoms with Crippen LogP contribution < -0.4 is 5.32 Å². The van der Waals surface area contributed by atoms with Gasteiger partial charge in [-0.2, -0.15) is 0 Å². The Morgan fingerprint density at radius 1 is 1.38 bits per heavy atom. The molecule has 0 radical (unpaired) electrons. The summed E-state index contributed by atoms with van der Waals surface area (Å²) in [5.41, 5.74) is 0.412. The predicted molar refractivity (Wildman–Crippen MR) is 81.8 cm³/mol. The van der Waals surface area contributed by atoms with Gasteiger partial charge in [0.05, 0.1) is 5.60 Å². The molecule has 0 amide bonds. The van der Waals surface area contributed by atoms with E-state index in [0.717, 1.165) is 44.1 Å². The van der Waals surface area contributed by atoms with E-state index in [9.17, 15) is 9.50 Å². The zero-order valence-electron chi connectivity index (χ0n) is 12.8. The Labute approximate surface area is 126 Å². The third kappa shape index (κ3) is 5.38. The fraction of sp³-hybridized carbons (Fsp3) is 0.647. The number of hydrogen-bond donors (Lipinski definition) is 2. The van der Waals surface area contributed by atoms with Crippen molar-refractivity contribution >= 4 is 0 Å². The lowest BCUT2D eigenvalue weighted by molar-refractivity contribution is 0.0434. The molecular formula is C17H26FNO2. The van der Waals surface area contributed by atoms with E-state index in [1.165, 1.54) is 6.07 Å². The highest BCUT2D eigenvalue weighted by molar-refractivity contribution is 5.17. The van der Waals surface area contributed by atoms with Crippen LogP contribution in [0.4, 0.5) is 4.39 Å². The molecule has 1 aliphatic rings. The molecular weight excluding hydrogens is 269 g/mol. The maximum atomic E-state index is 13.3. The van der Waals surface area contributed by atoms with Gasteiger partial charge in [0.2, 0.25) is 0 Å². The minimum absolute atomic E-state index is 0.191. The first-order valence-corrected chi connectivity index (χ1v) is 7.80. The molecule has 1 aliphatic carbocycles. The second kappa shape index (κ2) is 7.87. The lowest BCUT2D eigenvalue weighted by atomic mass is 9.99. The number of rotatable bonds is 8. The number of nitrogens with one attached hydrogen (secondary N) is 1. The van der Waals surface area contributed by atoms with Gasteiger partial charge in [0.1, 0.15) is 5.82 Å². The van der Waals surface area contributed by atoms with Crippen LogP contribution >= 0.6 is 0 Å². The zero-order valence-corrected chi connectivity index (χ0v) is 12.8. The maximum Gasteiger partial charge on any atom is 0.123 e. The number of hydrogen-bond acceptors (Lipinski definition) is 3. The van der Waals surface area contributed by atoms with Crippen LogP contribution in [0.3, 0.4) is 0 Å². The summed E-state index contributed by atoms with van der Waals surface area (Å²) in [5.74, 6) is -0.201. The van der Waals surface area contributed by atoms with Gasteiger partial charge in [0.25, 0.3) is 0 Å². The quantitative estimate of drug-likeness (QED) is 0.775. The van der Waals surface area contributed by atoms with Crippen LogP contribution in [0.15, 0.2) is 24.3 Å². The van der Waals surface area contributed by atoms with Crippen LogP contribution in [0.2, 0.25) is 0 Å². The standard InChI is InChI=1S/C17H26FNO2/c1-21-10-7-16(12-14-5-4-6-15(18)11-14)19-13-17(20)8-2-3-9-17/h4-6,11,16,19-20H,2-3,7-10,12-13H2,1H3. The van der Waals surface area contributed by atoms with E-state index in [-0.39, 0.29) is 11.9 Å². The number of aliphatic hydroxyl groups is 1. The van der Waals surface area contributed by atoms with Gasteiger partial charge in [-0.15, -0.1) is 0 Å². The summed E-state index contributed by atoms with van der Waals surface area (Å²) in [6.45, 7) is 1.27. The third-order valence-corrected chi connectivity index (χ3v) is 4.30. The van der Waals surface area contributed by atoms with E-state index in [1.807, 2.05) is 6.07 Å². The first-order chi connectivity index (χ1) is 10.1. The molecule has 1 saturated carbocycles. The van der Waals surface area contributed by atoms with Gasteiger partial charge in [-0.1, -0.05) is 25.0 Å². The summed E-state index contributed by atoms with van der Waals surface area (Å²) < 4.78 is 18.4. The molecule has 21 heavy (non-hydrogen) atoms. The smallest absolute Gasteiger partial charge is 0.123 e. The summed E-state index contributed by atoms with van der Waals surface area (Å²) >= 11 is 0. The monoisotopic (exact) mass is 295 g/mol. The highest BCUT2D eigenvalue weighted by Gasteiger charge is 2.31. The number of benzene rings is 1. The highest BCUT2D eigenvalue weighted by atomic mass is 19.1. The van der Waals surface area contributed by atoms with Crippen LogP contribution in [-0.4, -0.2) is 37.0 Å². The largest absolute Gasteiger partial charge is 0.389 e. The second-order valence-corrected chi connectivity index (χ2v) is 6.12. The lowest BCUT2D eigenvalue weighted by Crippen LogP contribution is -2.44. The molecule has 2 N–H and O–H groups in total. The molecule has 1 aromatic carbocycles. The Morgan fingerprint density at radius 2 is 2.14 bits per heavy atom. The van der Waals surface area contributed by atoms with E-state index < -0.39 is 5.60 Å². The van der Waals surface area contributed by atoms with Crippen molar-refractivity contribution in [2.45, 2.75) is 50.2 Å². The molecule has 0 bridgehead atoms. The molecule has 0 aliphatic heterocycles. The number of ether oxygens (including phenoxy) is 1. The van der Waals surface area contributed by atoms with Gasteiger partial charge >= 0.3 is 0 Å². The topological polar surface area (TPSA) is 41.5 Å². The molecule has 1 unspecified atom stereocenters. The molecule has 0 spiro atoms.